The van der Waals surface area contributed by atoms with Crippen LogP contribution < -0.4 is 15.5 Å². The summed E-state index contributed by atoms with van der Waals surface area (Å²) in [5.41, 5.74) is 5.55. The van der Waals surface area contributed by atoms with Crippen LogP contribution >= 0.6 is 0 Å². The maximum atomic E-state index is 11.0. The second-order valence-electron chi connectivity index (χ2n) is 7.81. The molecule has 2 heterocycles. The standard InChI is InChI=1S/C25H27N5O3/c1-17(18-7-3-2-4-8-18)28-24-21-15-22(29-25(21)27-16-26-24)19-10-12-20(13-11-19)33-14-6-5-9-23(31)30-32/h2-4,7-8,10-13,15-17,32H,5-6,9,14H2,1H3,(H,30,31)(H2,26,27,28,29)/t17-/m1/s1. The maximum absolute atomic E-state index is 11.0. The molecule has 1 atom stereocenters. The molecule has 0 spiro atoms. The average Bonchev–Trinajstić information content (AvgIpc) is 3.30. The fourth-order valence-corrected chi connectivity index (χ4v) is 3.60. The molecule has 0 aliphatic heterocycles. The van der Waals surface area contributed by atoms with E-state index in [9.17, 15) is 4.79 Å². The van der Waals surface area contributed by atoms with E-state index in [0.717, 1.165) is 40.3 Å². The third-order valence-electron chi connectivity index (χ3n) is 5.44. The van der Waals surface area contributed by atoms with Gasteiger partial charge >= 0.3 is 0 Å². The van der Waals surface area contributed by atoms with Crippen LogP contribution in [0.15, 0.2) is 67.0 Å². The van der Waals surface area contributed by atoms with Gasteiger partial charge < -0.3 is 15.0 Å². The Morgan fingerprint density at radius 1 is 1.09 bits per heavy atom. The molecular weight excluding hydrogens is 418 g/mol. The van der Waals surface area contributed by atoms with Crippen molar-refractivity contribution in [2.45, 2.75) is 32.2 Å². The van der Waals surface area contributed by atoms with Crippen molar-refractivity contribution in [3.63, 3.8) is 0 Å². The van der Waals surface area contributed by atoms with Gasteiger partial charge in [-0.1, -0.05) is 30.3 Å². The maximum Gasteiger partial charge on any atom is 0.243 e. The van der Waals surface area contributed by atoms with Crippen molar-refractivity contribution in [2.24, 2.45) is 0 Å². The van der Waals surface area contributed by atoms with Gasteiger partial charge in [-0.2, -0.15) is 0 Å². The number of aromatic amines is 1. The first-order valence-electron chi connectivity index (χ1n) is 11.0. The molecule has 0 unspecified atom stereocenters. The van der Waals surface area contributed by atoms with Crippen LogP contribution in [0.4, 0.5) is 5.82 Å². The highest BCUT2D eigenvalue weighted by Crippen LogP contribution is 2.29. The summed E-state index contributed by atoms with van der Waals surface area (Å²) in [5.74, 6) is 1.17. The minimum absolute atomic E-state index is 0.108. The zero-order valence-electron chi connectivity index (χ0n) is 18.4. The number of amides is 1. The molecule has 4 rings (SSSR count). The van der Waals surface area contributed by atoms with E-state index in [1.165, 1.54) is 5.56 Å². The summed E-state index contributed by atoms with van der Waals surface area (Å²) in [6.07, 6.45) is 3.22. The lowest BCUT2D eigenvalue weighted by Crippen LogP contribution is -2.18. The number of fused-ring (bicyclic) bond motifs is 1. The van der Waals surface area contributed by atoms with Gasteiger partial charge in [0.1, 0.15) is 23.5 Å². The number of unbranched alkanes of at least 4 members (excludes halogenated alkanes) is 1. The first-order valence-corrected chi connectivity index (χ1v) is 11.0. The predicted molar refractivity (Wildman–Crippen MR) is 127 cm³/mol. The molecule has 4 N–H and O–H groups in total. The topological polar surface area (TPSA) is 112 Å². The van der Waals surface area contributed by atoms with E-state index in [2.05, 4.69) is 45.4 Å². The normalized spacial score (nSPS) is 11.8. The summed E-state index contributed by atoms with van der Waals surface area (Å²) >= 11 is 0. The first kappa shape index (κ1) is 22.3. The van der Waals surface area contributed by atoms with Crippen molar-refractivity contribution in [1.82, 2.24) is 20.4 Å². The number of hydrogen-bond acceptors (Lipinski definition) is 6. The van der Waals surface area contributed by atoms with Gasteiger partial charge in [0.25, 0.3) is 0 Å². The summed E-state index contributed by atoms with van der Waals surface area (Å²) in [4.78, 5) is 23.2. The van der Waals surface area contributed by atoms with Gasteiger partial charge in [0.2, 0.25) is 5.91 Å². The highest BCUT2D eigenvalue weighted by molar-refractivity contribution is 5.91. The molecule has 0 aliphatic carbocycles. The highest BCUT2D eigenvalue weighted by Gasteiger charge is 2.12. The molecule has 8 nitrogen and oxygen atoms in total. The van der Waals surface area contributed by atoms with E-state index in [1.54, 1.807) is 11.8 Å². The second-order valence-corrected chi connectivity index (χ2v) is 7.81. The number of hydrogen-bond donors (Lipinski definition) is 4. The third-order valence-corrected chi connectivity index (χ3v) is 5.44. The van der Waals surface area contributed by atoms with Crippen LogP contribution in [0.25, 0.3) is 22.3 Å². The molecular formula is C25H27N5O3. The van der Waals surface area contributed by atoms with Crippen LogP contribution in [0.5, 0.6) is 5.75 Å². The zero-order chi connectivity index (χ0) is 23.0. The molecule has 0 fully saturated rings. The molecule has 0 saturated heterocycles. The molecule has 0 saturated carbocycles. The van der Waals surface area contributed by atoms with Crippen molar-refractivity contribution in [2.75, 3.05) is 11.9 Å². The van der Waals surface area contributed by atoms with Crippen LogP contribution in [0.1, 0.15) is 37.8 Å². The number of aromatic nitrogens is 3. The largest absolute Gasteiger partial charge is 0.494 e. The average molecular weight is 446 g/mol. The van der Waals surface area contributed by atoms with Gasteiger partial charge in [-0.05, 0) is 61.2 Å². The Hall–Kier alpha value is -3.91. The minimum atomic E-state index is -0.379. The van der Waals surface area contributed by atoms with Crippen LogP contribution in [-0.4, -0.2) is 32.7 Å². The summed E-state index contributed by atoms with van der Waals surface area (Å²) in [6.45, 7) is 2.62. The highest BCUT2D eigenvalue weighted by atomic mass is 16.5. The van der Waals surface area contributed by atoms with E-state index < -0.39 is 0 Å². The van der Waals surface area contributed by atoms with Crippen molar-refractivity contribution < 1.29 is 14.7 Å². The molecule has 0 bridgehead atoms. The lowest BCUT2D eigenvalue weighted by Gasteiger charge is -2.15. The van der Waals surface area contributed by atoms with Crippen molar-refractivity contribution in [3.8, 4) is 17.0 Å². The lowest BCUT2D eigenvalue weighted by molar-refractivity contribution is -0.129. The fourth-order valence-electron chi connectivity index (χ4n) is 3.60. The summed E-state index contributed by atoms with van der Waals surface area (Å²) in [6, 6.07) is 20.2. The third kappa shape index (κ3) is 5.67. The molecule has 0 aliphatic rings. The van der Waals surface area contributed by atoms with E-state index in [-0.39, 0.29) is 18.4 Å². The van der Waals surface area contributed by atoms with Crippen LogP contribution in [-0.2, 0) is 4.79 Å². The number of hydroxylamine groups is 1. The van der Waals surface area contributed by atoms with Crippen molar-refractivity contribution in [1.29, 1.82) is 0 Å². The van der Waals surface area contributed by atoms with Gasteiger partial charge in [-0.15, -0.1) is 0 Å². The summed E-state index contributed by atoms with van der Waals surface area (Å²) in [5, 5.41) is 12.9. The molecule has 33 heavy (non-hydrogen) atoms. The lowest BCUT2D eigenvalue weighted by atomic mass is 10.1. The van der Waals surface area contributed by atoms with Crippen LogP contribution in [0.3, 0.4) is 0 Å². The van der Waals surface area contributed by atoms with E-state index in [1.807, 2.05) is 42.5 Å². The fraction of sp³-hybridized carbons (Fsp3) is 0.240. The predicted octanol–water partition coefficient (Wildman–Crippen LogP) is 4.85. The van der Waals surface area contributed by atoms with E-state index in [0.29, 0.717) is 13.0 Å². The number of ether oxygens (including phenoxy) is 1. The molecule has 2 aromatic heterocycles. The molecule has 170 valence electrons. The Morgan fingerprint density at radius 2 is 1.88 bits per heavy atom. The number of carbonyl (C=O) groups is 1. The van der Waals surface area contributed by atoms with Crippen molar-refractivity contribution >= 4 is 22.8 Å². The molecule has 2 aromatic carbocycles. The summed E-state index contributed by atoms with van der Waals surface area (Å²) in [7, 11) is 0. The Morgan fingerprint density at radius 3 is 2.64 bits per heavy atom. The zero-order valence-corrected chi connectivity index (χ0v) is 18.4. The van der Waals surface area contributed by atoms with E-state index in [4.69, 9.17) is 9.94 Å². The van der Waals surface area contributed by atoms with Crippen molar-refractivity contribution in [3.05, 3.63) is 72.6 Å². The number of nitrogens with zero attached hydrogens (tertiary/aromatic N) is 2. The second kappa shape index (κ2) is 10.6. The number of H-pyrrole nitrogens is 1. The number of rotatable bonds is 10. The Kier molecular flexibility index (Phi) is 7.16. The Bertz CT molecular complexity index is 1190. The summed E-state index contributed by atoms with van der Waals surface area (Å²) < 4.78 is 5.74. The van der Waals surface area contributed by atoms with Gasteiger partial charge in [-0.3, -0.25) is 10.0 Å². The first-order chi connectivity index (χ1) is 16.1. The minimum Gasteiger partial charge on any atom is -0.494 e. The number of benzene rings is 2. The quantitative estimate of drug-likeness (QED) is 0.158. The number of carbonyl (C=O) groups excluding carboxylic acids is 1. The van der Waals surface area contributed by atoms with Gasteiger partial charge in [0.05, 0.1) is 12.0 Å². The van der Waals surface area contributed by atoms with Gasteiger partial charge in [0, 0.05) is 18.2 Å². The monoisotopic (exact) mass is 445 g/mol. The van der Waals surface area contributed by atoms with Gasteiger partial charge in [-0.25, -0.2) is 15.4 Å². The molecule has 8 heteroatoms. The number of nitrogens with one attached hydrogen (secondary N) is 3. The Labute approximate surface area is 192 Å². The molecule has 0 radical (unpaired) electrons. The van der Waals surface area contributed by atoms with E-state index >= 15 is 0 Å². The SMILES string of the molecule is C[C@@H](Nc1ncnc2[nH]c(-c3ccc(OCCCCC(=O)NO)cc3)cc12)c1ccccc1. The smallest absolute Gasteiger partial charge is 0.243 e. The van der Waals surface area contributed by atoms with Crippen LogP contribution in [0, 0.1) is 0 Å². The number of anilines is 1. The molecule has 1 amide bonds. The molecule has 4 aromatic rings. The van der Waals surface area contributed by atoms with Gasteiger partial charge in [0.15, 0.2) is 0 Å². The Balaban J connectivity index is 1.41. The van der Waals surface area contributed by atoms with Crippen LogP contribution in [0.2, 0.25) is 0 Å².